The van der Waals surface area contributed by atoms with Crippen LogP contribution in [-0.4, -0.2) is 14.6 Å². The van der Waals surface area contributed by atoms with Crippen molar-refractivity contribution in [2.45, 2.75) is 26.7 Å². The van der Waals surface area contributed by atoms with Gasteiger partial charge in [-0.1, -0.05) is 13.8 Å². The van der Waals surface area contributed by atoms with E-state index in [2.05, 4.69) is 30.1 Å². The molecule has 0 unspecified atom stereocenters. The maximum absolute atomic E-state index is 8.84. The summed E-state index contributed by atoms with van der Waals surface area (Å²) in [6.07, 6.45) is 3.77. The van der Waals surface area contributed by atoms with Crippen molar-refractivity contribution in [1.82, 2.24) is 14.6 Å². The second-order valence-electron chi connectivity index (χ2n) is 4.31. The molecule has 0 atom stereocenters. The fraction of sp³-hybridized carbons (Fsp3) is 0.417. The molecule has 16 heavy (non-hydrogen) atoms. The van der Waals surface area contributed by atoms with E-state index in [0.717, 1.165) is 24.3 Å². The molecule has 0 spiro atoms. The molecule has 4 heteroatoms. The summed E-state index contributed by atoms with van der Waals surface area (Å²) in [4.78, 5) is 0. The molecule has 0 N–H and O–H groups in total. The van der Waals surface area contributed by atoms with Crippen molar-refractivity contribution in [3.05, 3.63) is 29.7 Å². The first-order chi connectivity index (χ1) is 7.70. The van der Waals surface area contributed by atoms with Gasteiger partial charge in [-0.15, -0.1) is 10.2 Å². The number of hydrogen-bond donors (Lipinski definition) is 0. The topological polar surface area (TPSA) is 54.0 Å². The zero-order valence-electron chi connectivity index (χ0n) is 9.51. The van der Waals surface area contributed by atoms with Crippen LogP contribution in [0.5, 0.6) is 0 Å². The van der Waals surface area contributed by atoms with Crippen LogP contribution in [-0.2, 0) is 6.42 Å². The van der Waals surface area contributed by atoms with Crippen LogP contribution in [0.25, 0.3) is 5.65 Å². The SMILES string of the molecule is CC(C)CCc1nnc2ccc(C#N)cn12. The predicted octanol–water partition coefficient (Wildman–Crippen LogP) is 2.19. The molecule has 82 valence electrons. The second-order valence-corrected chi connectivity index (χ2v) is 4.31. The molecule has 0 bridgehead atoms. The Labute approximate surface area is 94.5 Å². The summed E-state index contributed by atoms with van der Waals surface area (Å²) in [6, 6.07) is 5.71. The van der Waals surface area contributed by atoms with E-state index in [0.29, 0.717) is 11.5 Å². The first-order valence-corrected chi connectivity index (χ1v) is 5.44. The number of fused-ring (bicyclic) bond motifs is 1. The third-order valence-corrected chi connectivity index (χ3v) is 2.55. The number of rotatable bonds is 3. The van der Waals surface area contributed by atoms with Gasteiger partial charge in [0.15, 0.2) is 5.65 Å². The zero-order valence-corrected chi connectivity index (χ0v) is 9.51. The van der Waals surface area contributed by atoms with Gasteiger partial charge in [0.05, 0.1) is 5.56 Å². The van der Waals surface area contributed by atoms with Crippen LogP contribution in [0, 0.1) is 17.2 Å². The lowest BCUT2D eigenvalue weighted by atomic mass is 10.1. The Morgan fingerprint density at radius 2 is 2.19 bits per heavy atom. The Morgan fingerprint density at radius 1 is 1.38 bits per heavy atom. The number of nitriles is 1. The molecule has 0 aliphatic rings. The van der Waals surface area contributed by atoms with E-state index in [-0.39, 0.29) is 0 Å². The molecule has 0 saturated heterocycles. The highest BCUT2D eigenvalue weighted by Crippen LogP contribution is 2.10. The molecule has 0 aliphatic heterocycles. The summed E-state index contributed by atoms with van der Waals surface area (Å²) >= 11 is 0. The van der Waals surface area contributed by atoms with Gasteiger partial charge in [0, 0.05) is 12.6 Å². The van der Waals surface area contributed by atoms with Gasteiger partial charge in [-0.25, -0.2) is 0 Å². The standard InChI is InChI=1S/C12H14N4/c1-9(2)3-5-11-14-15-12-6-4-10(7-13)8-16(11)12/h4,6,8-9H,3,5H2,1-2H3. The third kappa shape index (κ3) is 2.03. The van der Waals surface area contributed by atoms with Crippen molar-refractivity contribution in [2.24, 2.45) is 5.92 Å². The minimum absolute atomic E-state index is 0.637. The van der Waals surface area contributed by atoms with Crippen LogP contribution >= 0.6 is 0 Å². The average molecular weight is 214 g/mol. The van der Waals surface area contributed by atoms with Gasteiger partial charge >= 0.3 is 0 Å². The Kier molecular flexibility index (Phi) is 2.86. The maximum atomic E-state index is 8.84. The number of nitrogens with zero attached hydrogens (tertiary/aromatic N) is 4. The Hall–Kier alpha value is -1.89. The summed E-state index contributed by atoms with van der Waals surface area (Å²) in [5.41, 5.74) is 1.44. The van der Waals surface area contributed by atoms with Crippen molar-refractivity contribution >= 4 is 5.65 Å². The first kappa shape index (κ1) is 10.6. The Morgan fingerprint density at radius 3 is 2.88 bits per heavy atom. The number of pyridine rings is 1. The minimum atomic E-state index is 0.637. The molecular formula is C12H14N4. The van der Waals surface area contributed by atoms with Crippen LogP contribution in [0.4, 0.5) is 0 Å². The fourth-order valence-corrected chi connectivity index (χ4v) is 1.59. The lowest BCUT2D eigenvalue weighted by Crippen LogP contribution is -1.98. The largest absolute Gasteiger partial charge is 0.285 e. The lowest BCUT2D eigenvalue weighted by Gasteiger charge is -2.02. The van der Waals surface area contributed by atoms with E-state index in [1.807, 2.05) is 10.5 Å². The molecular weight excluding hydrogens is 200 g/mol. The van der Waals surface area contributed by atoms with Gasteiger partial charge < -0.3 is 0 Å². The molecule has 2 aromatic heterocycles. The number of aromatic nitrogens is 3. The fourth-order valence-electron chi connectivity index (χ4n) is 1.59. The van der Waals surface area contributed by atoms with Crippen molar-refractivity contribution in [1.29, 1.82) is 5.26 Å². The third-order valence-electron chi connectivity index (χ3n) is 2.55. The molecule has 0 saturated carbocycles. The van der Waals surface area contributed by atoms with Gasteiger partial charge in [-0.3, -0.25) is 4.40 Å². The molecule has 2 rings (SSSR count). The lowest BCUT2D eigenvalue weighted by molar-refractivity contribution is 0.572. The van der Waals surface area contributed by atoms with E-state index >= 15 is 0 Å². The van der Waals surface area contributed by atoms with Crippen LogP contribution in [0.2, 0.25) is 0 Å². The predicted molar refractivity (Wildman–Crippen MR) is 60.9 cm³/mol. The van der Waals surface area contributed by atoms with Crippen LogP contribution < -0.4 is 0 Å². The van der Waals surface area contributed by atoms with E-state index in [4.69, 9.17) is 5.26 Å². The summed E-state index contributed by atoms with van der Waals surface area (Å²) in [5.74, 6) is 1.58. The monoisotopic (exact) mass is 214 g/mol. The highest BCUT2D eigenvalue weighted by molar-refractivity contribution is 5.42. The van der Waals surface area contributed by atoms with E-state index in [9.17, 15) is 0 Å². The normalized spacial score (nSPS) is 10.9. The average Bonchev–Trinajstić information content (AvgIpc) is 2.68. The summed E-state index contributed by atoms with van der Waals surface area (Å²) in [6.45, 7) is 4.37. The quantitative estimate of drug-likeness (QED) is 0.787. The van der Waals surface area contributed by atoms with Crippen molar-refractivity contribution < 1.29 is 0 Å². The van der Waals surface area contributed by atoms with E-state index in [1.165, 1.54) is 0 Å². The highest BCUT2D eigenvalue weighted by atomic mass is 15.2. The number of aryl methyl sites for hydroxylation is 1. The van der Waals surface area contributed by atoms with Gasteiger partial charge in [0.25, 0.3) is 0 Å². The van der Waals surface area contributed by atoms with Crippen LogP contribution in [0.15, 0.2) is 18.3 Å². The molecule has 0 amide bonds. The van der Waals surface area contributed by atoms with Crippen LogP contribution in [0.1, 0.15) is 31.7 Å². The van der Waals surface area contributed by atoms with Crippen LogP contribution in [0.3, 0.4) is 0 Å². The van der Waals surface area contributed by atoms with Gasteiger partial charge in [-0.2, -0.15) is 5.26 Å². The highest BCUT2D eigenvalue weighted by Gasteiger charge is 2.06. The maximum Gasteiger partial charge on any atom is 0.160 e. The van der Waals surface area contributed by atoms with E-state index in [1.54, 1.807) is 12.3 Å². The van der Waals surface area contributed by atoms with Gasteiger partial charge in [0.2, 0.25) is 0 Å². The van der Waals surface area contributed by atoms with Crippen molar-refractivity contribution in [3.63, 3.8) is 0 Å². The summed E-state index contributed by atoms with van der Waals surface area (Å²) in [7, 11) is 0. The smallest absolute Gasteiger partial charge is 0.160 e. The van der Waals surface area contributed by atoms with Crippen molar-refractivity contribution in [3.8, 4) is 6.07 Å². The Balaban J connectivity index is 2.35. The minimum Gasteiger partial charge on any atom is -0.285 e. The molecule has 2 aromatic rings. The summed E-state index contributed by atoms with van der Waals surface area (Å²) in [5, 5.41) is 17.1. The summed E-state index contributed by atoms with van der Waals surface area (Å²) < 4.78 is 1.90. The number of hydrogen-bond acceptors (Lipinski definition) is 3. The molecule has 0 radical (unpaired) electrons. The molecule has 0 aliphatic carbocycles. The first-order valence-electron chi connectivity index (χ1n) is 5.44. The van der Waals surface area contributed by atoms with Gasteiger partial charge in [-0.05, 0) is 24.5 Å². The molecule has 2 heterocycles. The molecule has 4 nitrogen and oxygen atoms in total. The van der Waals surface area contributed by atoms with Gasteiger partial charge in [0.1, 0.15) is 11.9 Å². The van der Waals surface area contributed by atoms with Crippen molar-refractivity contribution in [2.75, 3.05) is 0 Å². The van der Waals surface area contributed by atoms with E-state index < -0.39 is 0 Å². The molecule has 0 fully saturated rings. The second kappa shape index (κ2) is 4.31. The molecule has 0 aromatic carbocycles. The zero-order chi connectivity index (χ0) is 11.5. The Bertz CT molecular complexity index is 533.